The Morgan fingerprint density at radius 1 is 0.364 bits per heavy atom. The standard InChI is InChI=1S/C38H28O4P2/c1-3-15-29(27(13-1)25-39-43-37-23-11-7-19-33(37)31-17-5-9-21-35(31)41-43)30-16-4-2-14-28(30)26-40-44-38-24-12-8-20-34(38)32-18-6-10-22-36(32)42-44/h1-24H,25-26H2. The van der Waals surface area contributed by atoms with E-state index in [0.717, 1.165) is 55.5 Å². The Balaban J connectivity index is 1.05. The first-order valence-corrected chi connectivity index (χ1v) is 16.9. The number of hydrogen-bond acceptors (Lipinski definition) is 4. The molecule has 2 aliphatic rings. The summed E-state index contributed by atoms with van der Waals surface area (Å²) in [6.07, 6.45) is 0. The van der Waals surface area contributed by atoms with Crippen molar-refractivity contribution in [1.82, 2.24) is 0 Å². The van der Waals surface area contributed by atoms with Gasteiger partial charge >= 0.3 is 0 Å². The Hall–Kier alpha value is -4.30. The van der Waals surface area contributed by atoms with Crippen LogP contribution in [0.1, 0.15) is 11.1 Å². The largest absolute Gasteiger partial charge is 0.443 e. The maximum Gasteiger partial charge on any atom is 0.266 e. The van der Waals surface area contributed by atoms with Gasteiger partial charge in [0.25, 0.3) is 16.8 Å². The first kappa shape index (κ1) is 27.3. The molecule has 0 N–H and O–H groups in total. The van der Waals surface area contributed by atoms with E-state index in [4.69, 9.17) is 18.1 Å². The fraction of sp³-hybridized carbons (Fsp3) is 0.0526. The van der Waals surface area contributed by atoms with Crippen LogP contribution in [0.25, 0.3) is 33.4 Å². The summed E-state index contributed by atoms with van der Waals surface area (Å²) in [5.74, 6) is 1.73. The zero-order valence-corrected chi connectivity index (χ0v) is 25.6. The molecule has 0 saturated carbocycles. The number of benzene rings is 6. The molecule has 6 aromatic carbocycles. The lowest BCUT2D eigenvalue weighted by molar-refractivity contribution is 0.308. The van der Waals surface area contributed by atoms with Crippen LogP contribution < -0.4 is 19.7 Å². The maximum absolute atomic E-state index is 6.58. The van der Waals surface area contributed by atoms with Crippen molar-refractivity contribution in [3.63, 3.8) is 0 Å². The summed E-state index contributed by atoms with van der Waals surface area (Å²) in [4.78, 5) is 0. The third-order valence-corrected chi connectivity index (χ3v) is 10.9. The van der Waals surface area contributed by atoms with Gasteiger partial charge in [-0.25, -0.2) is 0 Å². The van der Waals surface area contributed by atoms with Gasteiger partial charge in [0.15, 0.2) is 0 Å². The van der Waals surface area contributed by atoms with E-state index in [2.05, 4.69) is 97.1 Å². The molecule has 0 radical (unpaired) electrons. The molecule has 6 heteroatoms. The van der Waals surface area contributed by atoms with Crippen molar-refractivity contribution in [3.8, 4) is 44.9 Å². The highest BCUT2D eigenvalue weighted by Crippen LogP contribution is 2.51. The SMILES string of the molecule is c1ccc(-c2ccccc2COP2Oc3ccccc3-c3ccccc32)c(COP2Oc3ccccc3-c3ccccc32)c1. The molecule has 4 nitrogen and oxygen atoms in total. The number of fused-ring (bicyclic) bond motifs is 6. The van der Waals surface area contributed by atoms with Crippen LogP contribution in [0.15, 0.2) is 146 Å². The zero-order chi connectivity index (χ0) is 29.3. The Kier molecular flexibility index (Phi) is 7.44. The van der Waals surface area contributed by atoms with Crippen molar-refractivity contribution in [2.24, 2.45) is 0 Å². The molecule has 2 unspecified atom stereocenters. The third kappa shape index (κ3) is 5.11. The van der Waals surface area contributed by atoms with Gasteiger partial charge in [0, 0.05) is 11.1 Å². The fourth-order valence-electron chi connectivity index (χ4n) is 5.80. The Morgan fingerprint density at radius 3 is 1.16 bits per heavy atom. The van der Waals surface area contributed by atoms with Gasteiger partial charge in [0.1, 0.15) is 11.5 Å². The molecule has 6 aromatic rings. The van der Waals surface area contributed by atoms with E-state index in [0.29, 0.717) is 13.2 Å². The van der Waals surface area contributed by atoms with Gasteiger partial charge in [0.05, 0.1) is 23.8 Å². The maximum atomic E-state index is 6.58. The summed E-state index contributed by atoms with van der Waals surface area (Å²) in [5.41, 5.74) is 9.00. The Bertz CT molecular complexity index is 1830. The second-order valence-electron chi connectivity index (χ2n) is 10.6. The van der Waals surface area contributed by atoms with Crippen LogP contribution in [0.2, 0.25) is 0 Å². The van der Waals surface area contributed by atoms with Crippen molar-refractivity contribution in [3.05, 3.63) is 157 Å². The summed E-state index contributed by atoms with van der Waals surface area (Å²) in [5, 5.41) is 2.20. The fourth-order valence-corrected chi connectivity index (χ4v) is 8.77. The lowest BCUT2D eigenvalue weighted by Gasteiger charge is -2.28. The molecule has 8 rings (SSSR count). The van der Waals surface area contributed by atoms with Crippen molar-refractivity contribution >= 4 is 27.4 Å². The lowest BCUT2D eigenvalue weighted by Crippen LogP contribution is -2.16. The molecule has 0 aliphatic carbocycles. The Morgan fingerprint density at radius 2 is 0.705 bits per heavy atom. The first-order chi connectivity index (χ1) is 21.8. The molecule has 214 valence electrons. The molecule has 2 aliphatic heterocycles. The van der Waals surface area contributed by atoms with Crippen molar-refractivity contribution < 1.29 is 18.1 Å². The number of para-hydroxylation sites is 2. The highest BCUT2D eigenvalue weighted by molar-refractivity contribution is 7.57. The lowest BCUT2D eigenvalue weighted by atomic mass is 9.96. The Labute approximate surface area is 259 Å². The van der Waals surface area contributed by atoms with E-state index in [1.165, 1.54) is 11.1 Å². The molecular weight excluding hydrogens is 582 g/mol. The summed E-state index contributed by atoms with van der Waals surface area (Å²) >= 11 is 0. The van der Waals surface area contributed by atoms with Gasteiger partial charge in [-0.05, 0) is 57.6 Å². The minimum Gasteiger partial charge on any atom is -0.443 e. The molecule has 44 heavy (non-hydrogen) atoms. The average Bonchev–Trinajstić information content (AvgIpc) is 3.10. The minimum absolute atomic E-state index is 0.424. The van der Waals surface area contributed by atoms with Gasteiger partial charge < -0.3 is 18.1 Å². The van der Waals surface area contributed by atoms with Crippen LogP contribution in [-0.4, -0.2) is 0 Å². The summed E-state index contributed by atoms with van der Waals surface area (Å²) in [6, 6.07) is 50.0. The normalized spacial score (nSPS) is 16.0. The van der Waals surface area contributed by atoms with Crippen LogP contribution in [0.5, 0.6) is 11.5 Å². The van der Waals surface area contributed by atoms with Crippen molar-refractivity contribution in [2.75, 3.05) is 0 Å². The summed E-state index contributed by atoms with van der Waals surface area (Å²) < 4.78 is 26.0. The van der Waals surface area contributed by atoms with E-state index in [-0.39, 0.29) is 0 Å². The number of rotatable bonds is 7. The highest BCUT2D eigenvalue weighted by atomic mass is 31.2. The van der Waals surface area contributed by atoms with Crippen LogP contribution in [0, 0.1) is 0 Å². The molecule has 0 amide bonds. The molecule has 0 spiro atoms. The topological polar surface area (TPSA) is 36.9 Å². The molecule has 0 bridgehead atoms. The van der Waals surface area contributed by atoms with Gasteiger partial charge in [0.2, 0.25) is 0 Å². The van der Waals surface area contributed by atoms with Crippen molar-refractivity contribution in [2.45, 2.75) is 13.2 Å². The second-order valence-corrected chi connectivity index (χ2v) is 13.5. The second kappa shape index (κ2) is 12.0. The van der Waals surface area contributed by atoms with Crippen molar-refractivity contribution in [1.29, 1.82) is 0 Å². The van der Waals surface area contributed by atoms with Crippen LogP contribution in [-0.2, 0) is 22.3 Å². The van der Waals surface area contributed by atoms with Gasteiger partial charge in [-0.3, -0.25) is 0 Å². The molecule has 0 fully saturated rings. The van der Waals surface area contributed by atoms with E-state index in [1.807, 2.05) is 48.5 Å². The summed E-state index contributed by atoms with van der Waals surface area (Å²) in [6.45, 7) is 0.848. The summed E-state index contributed by atoms with van der Waals surface area (Å²) in [7, 11) is -2.57. The number of hydrogen-bond donors (Lipinski definition) is 0. The predicted molar refractivity (Wildman–Crippen MR) is 180 cm³/mol. The smallest absolute Gasteiger partial charge is 0.266 e. The van der Waals surface area contributed by atoms with Crippen LogP contribution in [0.4, 0.5) is 0 Å². The van der Waals surface area contributed by atoms with Gasteiger partial charge in [-0.15, -0.1) is 0 Å². The molecule has 0 aromatic heterocycles. The third-order valence-electron chi connectivity index (χ3n) is 7.92. The highest BCUT2D eigenvalue weighted by Gasteiger charge is 2.29. The monoisotopic (exact) mass is 610 g/mol. The van der Waals surface area contributed by atoms with Crippen LogP contribution >= 0.6 is 16.8 Å². The zero-order valence-electron chi connectivity index (χ0n) is 23.8. The molecule has 2 atom stereocenters. The average molecular weight is 611 g/mol. The molecular formula is C38H28O4P2. The van der Waals surface area contributed by atoms with Gasteiger partial charge in [-0.2, -0.15) is 0 Å². The van der Waals surface area contributed by atoms with Crippen LogP contribution in [0.3, 0.4) is 0 Å². The molecule has 2 heterocycles. The van der Waals surface area contributed by atoms with Gasteiger partial charge in [-0.1, -0.05) is 121 Å². The minimum atomic E-state index is -1.29. The van der Waals surface area contributed by atoms with E-state index in [1.54, 1.807) is 0 Å². The van der Waals surface area contributed by atoms with E-state index < -0.39 is 16.8 Å². The predicted octanol–water partition coefficient (Wildman–Crippen LogP) is 9.78. The molecule has 0 saturated heterocycles. The van der Waals surface area contributed by atoms with E-state index >= 15 is 0 Å². The first-order valence-electron chi connectivity index (χ1n) is 14.6. The quantitative estimate of drug-likeness (QED) is 0.169. The van der Waals surface area contributed by atoms with E-state index in [9.17, 15) is 0 Å².